The summed E-state index contributed by atoms with van der Waals surface area (Å²) >= 11 is 0. The first-order valence-corrected chi connectivity index (χ1v) is 11.9. The molecular formula is C26H27N7O5. The highest BCUT2D eigenvalue weighted by Gasteiger charge is 2.21. The van der Waals surface area contributed by atoms with Crippen molar-refractivity contribution in [2.45, 2.75) is 6.54 Å². The maximum absolute atomic E-state index is 12.7. The lowest BCUT2D eigenvalue weighted by Crippen LogP contribution is -2.35. The second-order valence-electron chi connectivity index (χ2n) is 8.73. The van der Waals surface area contributed by atoms with Gasteiger partial charge in [-0.1, -0.05) is 12.1 Å². The van der Waals surface area contributed by atoms with Crippen molar-refractivity contribution in [1.82, 2.24) is 19.5 Å². The van der Waals surface area contributed by atoms with Crippen molar-refractivity contribution < 1.29 is 24.2 Å². The number of benzene rings is 2. The van der Waals surface area contributed by atoms with Crippen LogP contribution in [0.15, 0.2) is 55.0 Å². The predicted octanol–water partition coefficient (Wildman–Crippen LogP) is 3.16. The number of nitrogens with two attached hydrogens (primary N) is 1. The van der Waals surface area contributed by atoms with Crippen LogP contribution in [-0.4, -0.2) is 70.0 Å². The lowest BCUT2D eigenvalue weighted by molar-refractivity contribution is 0.0339. The molecule has 5 rings (SSSR count). The van der Waals surface area contributed by atoms with Gasteiger partial charge in [-0.15, -0.1) is 0 Å². The van der Waals surface area contributed by atoms with Crippen molar-refractivity contribution in [3.63, 3.8) is 0 Å². The Morgan fingerprint density at radius 1 is 1.11 bits per heavy atom. The Morgan fingerprint density at radius 2 is 1.82 bits per heavy atom. The van der Waals surface area contributed by atoms with E-state index in [0.29, 0.717) is 47.8 Å². The lowest BCUT2D eigenvalue weighted by Gasteiger charge is -2.27. The van der Waals surface area contributed by atoms with Gasteiger partial charge in [-0.2, -0.15) is 5.10 Å². The molecule has 1 aliphatic heterocycles. The topological polar surface area (TPSA) is 156 Å². The van der Waals surface area contributed by atoms with E-state index in [1.165, 1.54) is 17.0 Å². The molecule has 196 valence electrons. The molecule has 0 unspecified atom stereocenters. The molecule has 5 N–H and O–H groups in total. The largest absolute Gasteiger partial charge is 0.496 e. The number of aromatic carboxylic acids is 1. The zero-order valence-corrected chi connectivity index (χ0v) is 20.7. The summed E-state index contributed by atoms with van der Waals surface area (Å²) in [6.07, 6.45) is 2.66. The molecule has 3 heterocycles. The van der Waals surface area contributed by atoms with E-state index in [1.807, 2.05) is 12.1 Å². The van der Waals surface area contributed by atoms with Gasteiger partial charge < -0.3 is 30.9 Å². The summed E-state index contributed by atoms with van der Waals surface area (Å²) in [5.74, 6) is -0.196. The van der Waals surface area contributed by atoms with Crippen molar-refractivity contribution in [3.8, 4) is 16.9 Å². The van der Waals surface area contributed by atoms with Crippen LogP contribution in [0.1, 0.15) is 15.9 Å². The third-order valence-corrected chi connectivity index (χ3v) is 6.30. The highest BCUT2D eigenvalue weighted by atomic mass is 16.5. The Hall–Kier alpha value is -4.68. The monoisotopic (exact) mass is 517 g/mol. The number of rotatable bonds is 7. The van der Waals surface area contributed by atoms with Gasteiger partial charge in [0.25, 0.3) is 0 Å². The lowest BCUT2D eigenvalue weighted by atomic mass is 10.0. The van der Waals surface area contributed by atoms with E-state index in [4.69, 9.17) is 15.2 Å². The van der Waals surface area contributed by atoms with Gasteiger partial charge in [0.05, 0.1) is 25.9 Å². The molecule has 0 aliphatic carbocycles. The Morgan fingerprint density at radius 3 is 2.53 bits per heavy atom. The second kappa shape index (κ2) is 10.7. The standard InChI is InChI=1S/C26H27N7O5/c1-37-21-7-6-19(12-17(21)13-32-8-10-38-11-9-32)31-26(36)30-18-4-2-16(3-5-18)22-20(25(34)35)14-33-23(22)24(27)28-15-29-33/h2-7,12,14-15H,8-11,13H2,1H3,(H,34,35)(H2,27,28,29)(H2,30,31,36). The van der Waals surface area contributed by atoms with E-state index in [9.17, 15) is 14.7 Å². The minimum atomic E-state index is -1.11. The molecule has 0 saturated carbocycles. The maximum atomic E-state index is 12.7. The van der Waals surface area contributed by atoms with Gasteiger partial charge in [-0.05, 0) is 35.9 Å². The van der Waals surface area contributed by atoms with Crippen LogP contribution in [0.3, 0.4) is 0 Å². The molecule has 2 aromatic carbocycles. The van der Waals surface area contributed by atoms with Gasteiger partial charge >= 0.3 is 12.0 Å². The Balaban J connectivity index is 1.31. The molecule has 0 radical (unpaired) electrons. The number of carboxylic acid groups (broad SMARTS) is 1. The van der Waals surface area contributed by atoms with Crippen molar-refractivity contribution in [2.24, 2.45) is 0 Å². The molecule has 0 spiro atoms. The number of carbonyl (C=O) groups is 2. The molecular weight excluding hydrogens is 490 g/mol. The summed E-state index contributed by atoms with van der Waals surface area (Å²) < 4.78 is 12.3. The van der Waals surface area contributed by atoms with Crippen LogP contribution >= 0.6 is 0 Å². The molecule has 4 aromatic rings. The summed E-state index contributed by atoms with van der Waals surface area (Å²) in [4.78, 5) is 30.8. The molecule has 1 aliphatic rings. The first kappa shape index (κ1) is 25.0. The van der Waals surface area contributed by atoms with Gasteiger partial charge in [-0.25, -0.2) is 19.1 Å². The smallest absolute Gasteiger partial charge is 0.337 e. The number of urea groups is 1. The number of ether oxygens (including phenoxy) is 2. The van der Waals surface area contributed by atoms with Crippen LogP contribution < -0.4 is 21.1 Å². The number of hydrogen-bond acceptors (Lipinski definition) is 8. The number of anilines is 3. The number of amides is 2. The number of morpholine rings is 1. The first-order chi connectivity index (χ1) is 18.4. The second-order valence-corrected chi connectivity index (χ2v) is 8.73. The third-order valence-electron chi connectivity index (χ3n) is 6.30. The summed E-state index contributed by atoms with van der Waals surface area (Å²) in [7, 11) is 1.62. The summed E-state index contributed by atoms with van der Waals surface area (Å²) in [5.41, 5.74) is 9.58. The van der Waals surface area contributed by atoms with Gasteiger partial charge in [0.2, 0.25) is 0 Å². The van der Waals surface area contributed by atoms with Crippen LogP contribution in [0.25, 0.3) is 16.6 Å². The number of carbonyl (C=O) groups excluding carboxylic acids is 1. The molecule has 12 heteroatoms. The van der Waals surface area contributed by atoms with Gasteiger partial charge in [0, 0.05) is 48.3 Å². The number of aromatic nitrogens is 3. The van der Waals surface area contributed by atoms with E-state index in [1.54, 1.807) is 37.4 Å². The zero-order valence-electron chi connectivity index (χ0n) is 20.7. The van der Waals surface area contributed by atoms with Crippen LogP contribution in [0.5, 0.6) is 5.75 Å². The summed E-state index contributed by atoms with van der Waals surface area (Å²) in [5, 5.41) is 19.4. The number of nitrogens with zero attached hydrogens (tertiary/aromatic N) is 4. The molecule has 2 amide bonds. The average Bonchev–Trinajstić information content (AvgIpc) is 3.31. The molecule has 2 aromatic heterocycles. The normalized spacial score (nSPS) is 13.8. The van der Waals surface area contributed by atoms with Gasteiger partial charge in [-0.3, -0.25) is 4.90 Å². The number of hydrogen-bond donors (Lipinski definition) is 4. The quantitative estimate of drug-likeness (QED) is 0.289. The molecule has 12 nitrogen and oxygen atoms in total. The SMILES string of the molecule is COc1ccc(NC(=O)Nc2ccc(-c3c(C(=O)O)cn4ncnc(N)c34)cc2)cc1CN1CCOCC1. The number of methoxy groups -OCH3 is 1. The number of nitrogen functional groups attached to an aromatic ring is 1. The Labute approximate surface area is 218 Å². The Kier molecular flexibility index (Phi) is 7.07. The highest BCUT2D eigenvalue weighted by Crippen LogP contribution is 2.33. The number of carboxylic acids is 1. The molecule has 38 heavy (non-hydrogen) atoms. The van der Waals surface area contributed by atoms with Crippen molar-refractivity contribution in [2.75, 3.05) is 49.8 Å². The van der Waals surface area contributed by atoms with Gasteiger partial charge in [0.15, 0.2) is 5.82 Å². The fraction of sp³-hybridized carbons (Fsp3) is 0.231. The Bertz CT molecular complexity index is 1480. The summed E-state index contributed by atoms with van der Waals surface area (Å²) in [6, 6.07) is 11.9. The minimum absolute atomic E-state index is 0.0445. The molecule has 1 fully saturated rings. The van der Waals surface area contributed by atoms with Crippen LogP contribution in [0, 0.1) is 0 Å². The van der Waals surface area contributed by atoms with Crippen molar-refractivity contribution in [3.05, 3.63) is 66.1 Å². The fourth-order valence-electron chi connectivity index (χ4n) is 4.48. The zero-order chi connectivity index (χ0) is 26.6. The number of fused-ring (bicyclic) bond motifs is 1. The van der Waals surface area contributed by atoms with E-state index in [2.05, 4.69) is 25.6 Å². The van der Waals surface area contributed by atoms with Gasteiger partial charge in [0.1, 0.15) is 17.6 Å². The van der Waals surface area contributed by atoms with E-state index < -0.39 is 12.0 Å². The van der Waals surface area contributed by atoms with E-state index in [0.717, 1.165) is 24.4 Å². The molecule has 0 bridgehead atoms. The average molecular weight is 518 g/mol. The molecule has 0 atom stereocenters. The van der Waals surface area contributed by atoms with Crippen LogP contribution in [0.4, 0.5) is 22.0 Å². The molecule has 1 saturated heterocycles. The number of nitrogens with one attached hydrogen (secondary N) is 2. The van der Waals surface area contributed by atoms with E-state index >= 15 is 0 Å². The van der Waals surface area contributed by atoms with E-state index in [-0.39, 0.29) is 11.4 Å². The first-order valence-electron chi connectivity index (χ1n) is 11.9. The predicted molar refractivity (Wildman–Crippen MR) is 142 cm³/mol. The highest BCUT2D eigenvalue weighted by molar-refractivity contribution is 6.04. The third kappa shape index (κ3) is 5.21. The summed E-state index contributed by atoms with van der Waals surface area (Å²) in [6.45, 7) is 3.75. The fourth-order valence-corrected chi connectivity index (χ4v) is 4.48. The maximum Gasteiger partial charge on any atom is 0.337 e. The van der Waals surface area contributed by atoms with Crippen molar-refractivity contribution >= 4 is 34.7 Å². The van der Waals surface area contributed by atoms with Crippen LogP contribution in [-0.2, 0) is 11.3 Å². The van der Waals surface area contributed by atoms with Crippen molar-refractivity contribution in [1.29, 1.82) is 0 Å². The minimum Gasteiger partial charge on any atom is -0.496 e. The van der Waals surface area contributed by atoms with Crippen LogP contribution in [0.2, 0.25) is 0 Å².